The highest BCUT2D eigenvalue weighted by molar-refractivity contribution is 8.00. The molecule has 2 aromatic rings. The quantitative estimate of drug-likeness (QED) is 0.281. The van der Waals surface area contributed by atoms with Gasteiger partial charge in [0.25, 0.3) is 0 Å². The second-order valence-corrected chi connectivity index (χ2v) is 13.6. The minimum Gasteiger partial charge on any atom is -1.00 e. The molecule has 2 fully saturated rings. The Morgan fingerprint density at radius 3 is 2.03 bits per heavy atom. The third kappa shape index (κ3) is 8.86. The zero-order valence-electron chi connectivity index (χ0n) is 18.4. The van der Waals surface area contributed by atoms with Gasteiger partial charge in [0.1, 0.15) is 29.1 Å². The molecular formula is C22H25Cl4IN2O3S. The molecule has 4 heterocycles. The zero-order chi connectivity index (χ0) is 23.5. The molecule has 0 amide bonds. The molecule has 2 aromatic heterocycles. The molecule has 0 aromatic carbocycles. The molecular weight excluding hydrogens is 641 g/mol. The normalized spacial score (nSPS) is 22.6. The average Bonchev–Trinajstić information content (AvgIpc) is 3.04. The second-order valence-electron chi connectivity index (χ2n) is 8.53. The lowest BCUT2D eigenvalue weighted by molar-refractivity contribution is -0.00000871. The summed E-state index contributed by atoms with van der Waals surface area (Å²) in [5.74, 6) is 0.629. The molecule has 0 bridgehead atoms. The third-order valence-electron chi connectivity index (χ3n) is 4.97. The molecule has 0 spiro atoms. The predicted octanol–water partition coefficient (Wildman–Crippen LogP) is 2.86. The summed E-state index contributed by atoms with van der Waals surface area (Å²) < 4.78 is 20.8. The van der Waals surface area contributed by atoms with Gasteiger partial charge in [-0.3, -0.25) is 0 Å². The summed E-state index contributed by atoms with van der Waals surface area (Å²) in [7, 11) is -1.42. The first-order chi connectivity index (χ1) is 15.0. The number of halogens is 5. The molecule has 2 atom stereocenters. The summed E-state index contributed by atoms with van der Waals surface area (Å²) in [6, 6.07) is 6.97. The van der Waals surface area contributed by atoms with E-state index in [1.54, 1.807) is 37.0 Å². The van der Waals surface area contributed by atoms with Crippen LogP contribution >= 0.6 is 46.4 Å². The number of aromatic nitrogens is 2. The molecule has 182 valence electrons. The van der Waals surface area contributed by atoms with Crippen LogP contribution in [0.25, 0.3) is 5.57 Å². The van der Waals surface area contributed by atoms with Crippen LogP contribution in [0.3, 0.4) is 0 Å². The van der Waals surface area contributed by atoms with Gasteiger partial charge in [-0.25, -0.2) is 9.97 Å². The van der Waals surface area contributed by atoms with E-state index in [1.165, 1.54) is 0 Å². The molecule has 2 unspecified atom stereocenters. The molecule has 5 nitrogen and oxygen atoms in total. The number of rotatable bonds is 2. The fourth-order valence-electron chi connectivity index (χ4n) is 3.46. The van der Waals surface area contributed by atoms with Gasteiger partial charge in [0, 0.05) is 21.0 Å². The summed E-state index contributed by atoms with van der Waals surface area (Å²) in [6.45, 7) is 2.85. The van der Waals surface area contributed by atoms with Crippen LogP contribution in [-0.4, -0.2) is 55.2 Å². The molecule has 3 aliphatic rings. The Balaban J connectivity index is 0.000000191. The Bertz CT molecular complexity index is 1020. The maximum absolute atomic E-state index is 10.2. The van der Waals surface area contributed by atoms with Crippen molar-refractivity contribution in [3.8, 4) is 0 Å². The van der Waals surface area contributed by atoms with E-state index in [2.05, 4.69) is 9.97 Å². The molecule has 5 rings (SSSR count). The van der Waals surface area contributed by atoms with E-state index in [0.29, 0.717) is 39.5 Å². The molecule has 1 saturated carbocycles. The number of hydrogen-bond donors (Lipinski definition) is 0. The van der Waals surface area contributed by atoms with Crippen LogP contribution in [0.1, 0.15) is 17.8 Å². The minimum absolute atomic E-state index is 0. The SMILES string of the molecule is C[S+](C)(C)=O.Clc1cc(Cl)nc(C23COCC2C3)c1.Clc1cc(Cl)nc(C2=CCOC2)c1.[I-]. The van der Waals surface area contributed by atoms with Gasteiger partial charge in [0.2, 0.25) is 0 Å². The molecule has 33 heavy (non-hydrogen) atoms. The molecule has 1 aliphatic carbocycles. The number of ether oxygens (including phenoxy) is 2. The van der Waals surface area contributed by atoms with E-state index < -0.39 is 9.93 Å². The Morgan fingerprint density at radius 1 is 0.970 bits per heavy atom. The monoisotopic (exact) mass is 664 g/mol. The second kappa shape index (κ2) is 12.3. The van der Waals surface area contributed by atoms with Crippen molar-refractivity contribution in [2.45, 2.75) is 11.8 Å². The fourth-order valence-corrected chi connectivity index (χ4v) is 4.41. The summed E-state index contributed by atoms with van der Waals surface area (Å²) in [4.78, 5) is 8.48. The van der Waals surface area contributed by atoms with Gasteiger partial charge in [-0.05, 0) is 36.6 Å². The van der Waals surface area contributed by atoms with Gasteiger partial charge in [-0.15, -0.1) is 4.21 Å². The van der Waals surface area contributed by atoms with Crippen molar-refractivity contribution in [3.63, 3.8) is 0 Å². The molecule has 11 heteroatoms. The summed E-state index contributed by atoms with van der Waals surface area (Å²) in [5.41, 5.74) is 2.98. The topological polar surface area (TPSA) is 61.3 Å². The number of pyridine rings is 2. The summed E-state index contributed by atoms with van der Waals surface area (Å²) >= 11 is 23.4. The van der Waals surface area contributed by atoms with Gasteiger partial charge >= 0.3 is 0 Å². The van der Waals surface area contributed by atoms with E-state index >= 15 is 0 Å². The lowest BCUT2D eigenvalue weighted by Gasteiger charge is -2.10. The van der Waals surface area contributed by atoms with Crippen LogP contribution < -0.4 is 24.0 Å². The minimum atomic E-state index is -1.42. The molecule has 1 saturated heterocycles. The van der Waals surface area contributed by atoms with E-state index in [0.717, 1.165) is 36.6 Å². The first-order valence-corrected chi connectivity index (χ1v) is 14.2. The maximum Gasteiger partial charge on any atom is 0.131 e. The molecule has 0 N–H and O–H groups in total. The van der Waals surface area contributed by atoms with Crippen LogP contribution in [0.4, 0.5) is 0 Å². The highest BCUT2D eigenvalue weighted by Gasteiger charge is 2.60. The van der Waals surface area contributed by atoms with Crippen molar-refractivity contribution in [1.82, 2.24) is 9.97 Å². The van der Waals surface area contributed by atoms with Crippen LogP contribution in [0, 0.1) is 5.92 Å². The Hall–Kier alpha value is -0.000000000000000222. The Morgan fingerprint density at radius 2 is 1.58 bits per heavy atom. The highest BCUT2D eigenvalue weighted by Crippen LogP contribution is 2.57. The van der Waals surface area contributed by atoms with Crippen LogP contribution in [0.2, 0.25) is 20.4 Å². The van der Waals surface area contributed by atoms with Gasteiger partial charge < -0.3 is 33.5 Å². The van der Waals surface area contributed by atoms with Crippen LogP contribution in [0.15, 0.2) is 30.3 Å². The van der Waals surface area contributed by atoms with Crippen molar-refractivity contribution >= 4 is 61.9 Å². The van der Waals surface area contributed by atoms with Crippen LogP contribution in [-0.2, 0) is 29.0 Å². The van der Waals surface area contributed by atoms with E-state index in [9.17, 15) is 4.21 Å². The smallest absolute Gasteiger partial charge is 0.131 e. The van der Waals surface area contributed by atoms with Crippen molar-refractivity contribution in [2.24, 2.45) is 5.92 Å². The third-order valence-corrected chi connectivity index (χ3v) is 5.80. The zero-order valence-corrected chi connectivity index (χ0v) is 24.4. The standard InChI is InChI=1S/C10H9Cl2NO.C9H7Cl2NO.C3H9OS.HI/c11-7-1-8(13-9(12)2-7)10-3-6(10)4-14-5-10;10-7-3-8(12-9(11)4-7)6-1-2-13-5-6;1-5(2,3)4;/h1-2,6H,3-5H2;1,3-4H,2,5H2;1-3H3;1H/q;;+1;/p-1. The van der Waals surface area contributed by atoms with Gasteiger partial charge in [0.05, 0.1) is 47.7 Å². The van der Waals surface area contributed by atoms with Gasteiger partial charge in [0.15, 0.2) is 0 Å². The number of hydrogen-bond acceptors (Lipinski definition) is 5. The van der Waals surface area contributed by atoms with Crippen LogP contribution in [0.5, 0.6) is 0 Å². The first-order valence-electron chi connectivity index (χ1n) is 9.87. The Labute approximate surface area is 233 Å². The maximum atomic E-state index is 10.2. The van der Waals surface area contributed by atoms with Crippen molar-refractivity contribution in [1.29, 1.82) is 0 Å². The summed E-state index contributed by atoms with van der Waals surface area (Å²) in [6.07, 6.45) is 8.29. The molecule has 0 radical (unpaired) electrons. The van der Waals surface area contributed by atoms with Crippen molar-refractivity contribution in [3.05, 3.63) is 62.1 Å². The predicted molar refractivity (Wildman–Crippen MR) is 134 cm³/mol. The average molecular weight is 666 g/mol. The number of fused-ring (bicyclic) bond motifs is 1. The molecule has 2 aliphatic heterocycles. The fraction of sp³-hybridized carbons (Fsp3) is 0.455. The van der Waals surface area contributed by atoms with Crippen molar-refractivity contribution in [2.75, 3.05) is 45.2 Å². The highest BCUT2D eigenvalue weighted by atomic mass is 127. The van der Waals surface area contributed by atoms with E-state index in [1.807, 2.05) is 12.1 Å². The lowest BCUT2D eigenvalue weighted by atomic mass is 10.0. The Kier molecular flexibility index (Phi) is 10.9. The van der Waals surface area contributed by atoms with Crippen molar-refractivity contribution < 1.29 is 37.7 Å². The van der Waals surface area contributed by atoms with Gasteiger partial charge in [-0.2, -0.15) is 0 Å². The van der Waals surface area contributed by atoms with Gasteiger partial charge in [-0.1, -0.05) is 52.5 Å². The lowest BCUT2D eigenvalue weighted by Crippen LogP contribution is -3.00. The first kappa shape index (κ1) is 29.2. The van der Waals surface area contributed by atoms with E-state index in [-0.39, 0.29) is 29.4 Å². The largest absolute Gasteiger partial charge is 1.00 e. The summed E-state index contributed by atoms with van der Waals surface area (Å²) in [5, 5.41) is 2.14. The van der Waals surface area contributed by atoms with E-state index in [4.69, 9.17) is 55.9 Å². The number of nitrogens with zero attached hydrogens (tertiary/aromatic N) is 2.